The minimum Gasteiger partial charge on any atom is -0.465 e. The average molecular weight is 352 g/mol. The van der Waals surface area contributed by atoms with Crippen molar-refractivity contribution in [3.05, 3.63) is 65.2 Å². The summed E-state index contributed by atoms with van der Waals surface area (Å²) in [4.78, 5) is 36.2. The summed E-state index contributed by atoms with van der Waals surface area (Å²) in [5.74, 6) is -2.06. The van der Waals surface area contributed by atoms with E-state index in [2.05, 4.69) is 10.1 Å². The van der Waals surface area contributed by atoms with Crippen LogP contribution < -0.4 is 5.32 Å². The molecule has 0 fully saturated rings. The van der Waals surface area contributed by atoms with Crippen molar-refractivity contribution in [2.24, 2.45) is 0 Å². The second kappa shape index (κ2) is 8.44. The minimum atomic E-state index is -1.11. The van der Waals surface area contributed by atoms with E-state index >= 15 is 0 Å². The maximum atomic E-state index is 12.3. The molecule has 2 aromatic rings. The lowest BCUT2D eigenvalue weighted by Gasteiger charge is -2.14. The van der Waals surface area contributed by atoms with Crippen molar-refractivity contribution in [1.29, 1.82) is 5.26 Å². The van der Waals surface area contributed by atoms with Crippen LogP contribution in [0.5, 0.6) is 0 Å². The highest BCUT2D eigenvalue weighted by Gasteiger charge is 2.23. The molecule has 7 heteroatoms. The molecule has 1 atom stereocenters. The number of ether oxygens (including phenoxy) is 2. The number of hydrogen-bond donors (Lipinski definition) is 1. The van der Waals surface area contributed by atoms with E-state index < -0.39 is 23.9 Å². The highest BCUT2D eigenvalue weighted by molar-refractivity contribution is 6.04. The Balaban J connectivity index is 2.08. The van der Waals surface area contributed by atoms with Crippen molar-refractivity contribution in [2.75, 3.05) is 12.4 Å². The summed E-state index contributed by atoms with van der Waals surface area (Å²) in [6.45, 7) is 1.40. The number of carbonyl (C=O) groups is 3. The Morgan fingerprint density at radius 3 is 2.31 bits per heavy atom. The number of nitrogens with one attached hydrogen (secondary N) is 1. The lowest BCUT2D eigenvalue weighted by Crippen LogP contribution is -2.30. The molecular formula is C19H16N2O5. The molecule has 0 aromatic heterocycles. The van der Waals surface area contributed by atoms with E-state index in [1.54, 1.807) is 30.3 Å². The topological polar surface area (TPSA) is 105 Å². The molecule has 1 unspecified atom stereocenters. The Hall–Kier alpha value is -3.66. The van der Waals surface area contributed by atoms with Crippen molar-refractivity contribution in [3.63, 3.8) is 0 Å². The largest absolute Gasteiger partial charge is 0.465 e. The number of nitriles is 1. The van der Waals surface area contributed by atoms with Gasteiger partial charge in [-0.1, -0.05) is 18.2 Å². The maximum absolute atomic E-state index is 12.3. The van der Waals surface area contributed by atoms with E-state index in [0.717, 1.165) is 0 Å². The molecule has 1 N–H and O–H groups in total. The molecule has 0 heterocycles. The first-order chi connectivity index (χ1) is 12.5. The van der Waals surface area contributed by atoms with Crippen LogP contribution in [0.2, 0.25) is 0 Å². The Morgan fingerprint density at radius 1 is 1.04 bits per heavy atom. The number of anilines is 1. The molecule has 0 bridgehead atoms. The first kappa shape index (κ1) is 18.7. The zero-order chi connectivity index (χ0) is 19.1. The van der Waals surface area contributed by atoms with Gasteiger partial charge in [-0.25, -0.2) is 9.59 Å². The zero-order valence-electron chi connectivity index (χ0n) is 14.2. The molecule has 0 aliphatic rings. The number of esters is 2. The zero-order valence-corrected chi connectivity index (χ0v) is 14.2. The summed E-state index contributed by atoms with van der Waals surface area (Å²) in [6, 6.07) is 14.3. The summed E-state index contributed by atoms with van der Waals surface area (Å²) in [6.07, 6.45) is -1.11. The molecule has 26 heavy (non-hydrogen) atoms. The van der Waals surface area contributed by atoms with Gasteiger partial charge < -0.3 is 14.8 Å². The van der Waals surface area contributed by atoms with Gasteiger partial charge in [-0.15, -0.1) is 0 Å². The number of benzene rings is 2. The highest BCUT2D eigenvalue weighted by atomic mass is 16.5. The summed E-state index contributed by atoms with van der Waals surface area (Å²) < 4.78 is 9.77. The van der Waals surface area contributed by atoms with Gasteiger partial charge in [0.2, 0.25) is 0 Å². The van der Waals surface area contributed by atoms with E-state index in [4.69, 9.17) is 10.00 Å². The van der Waals surface area contributed by atoms with Crippen LogP contribution in [-0.4, -0.2) is 31.1 Å². The van der Waals surface area contributed by atoms with Crippen LogP contribution in [-0.2, 0) is 14.3 Å². The van der Waals surface area contributed by atoms with Gasteiger partial charge in [-0.2, -0.15) is 5.26 Å². The molecule has 2 aromatic carbocycles. The Bertz CT molecular complexity index is 885. The second-order valence-corrected chi connectivity index (χ2v) is 5.27. The van der Waals surface area contributed by atoms with Gasteiger partial charge in [0.05, 0.1) is 29.9 Å². The lowest BCUT2D eigenvalue weighted by molar-refractivity contribution is -0.123. The van der Waals surface area contributed by atoms with E-state index in [-0.39, 0.29) is 11.1 Å². The Kier molecular flexibility index (Phi) is 6.06. The highest BCUT2D eigenvalue weighted by Crippen LogP contribution is 2.14. The number of rotatable bonds is 5. The third kappa shape index (κ3) is 4.45. The monoisotopic (exact) mass is 352 g/mol. The molecule has 7 nitrogen and oxygen atoms in total. The Morgan fingerprint density at radius 2 is 1.69 bits per heavy atom. The van der Waals surface area contributed by atoms with E-state index in [1.807, 2.05) is 6.07 Å². The van der Waals surface area contributed by atoms with Crippen LogP contribution in [0.4, 0.5) is 5.69 Å². The fourth-order valence-electron chi connectivity index (χ4n) is 2.14. The number of methoxy groups -OCH3 is 1. The molecule has 0 saturated carbocycles. The predicted octanol–water partition coefficient (Wildman–Crippen LogP) is 2.53. The summed E-state index contributed by atoms with van der Waals surface area (Å²) in [5, 5.41) is 11.4. The molecule has 0 aliphatic heterocycles. The summed E-state index contributed by atoms with van der Waals surface area (Å²) in [7, 11) is 1.20. The van der Waals surface area contributed by atoms with Gasteiger partial charge >= 0.3 is 11.9 Å². The van der Waals surface area contributed by atoms with Crippen molar-refractivity contribution in [3.8, 4) is 6.07 Å². The van der Waals surface area contributed by atoms with Gasteiger partial charge in [-0.3, -0.25) is 4.79 Å². The fraction of sp³-hybridized carbons (Fsp3) is 0.158. The first-order valence-electron chi connectivity index (χ1n) is 7.65. The van der Waals surface area contributed by atoms with Crippen LogP contribution in [0.1, 0.15) is 33.2 Å². The third-order valence-corrected chi connectivity index (χ3v) is 3.46. The van der Waals surface area contributed by atoms with Crippen LogP contribution in [0, 0.1) is 11.3 Å². The van der Waals surface area contributed by atoms with E-state index in [0.29, 0.717) is 11.3 Å². The standard InChI is InChI=1S/C19H16N2O5/c1-12(17(22)21-14-7-5-6-13(10-14)11-20)26-19(24)16-9-4-3-8-15(16)18(23)25-2/h3-10,12H,1-2H3,(H,21,22). The van der Waals surface area contributed by atoms with Crippen molar-refractivity contribution >= 4 is 23.5 Å². The Labute approximate surface area is 150 Å². The maximum Gasteiger partial charge on any atom is 0.339 e. The molecule has 0 radical (unpaired) electrons. The summed E-state index contributed by atoms with van der Waals surface area (Å²) in [5.41, 5.74) is 0.853. The molecule has 0 spiro atoms. The van der Waals surface area contributed by atoms with Gasteiger partial charge in [0.25, 0.3) is 5.91 Å². The van der Waals surface area contributed by atoms with Crippen LogP contribution in [0.3, 0.4) is 0 Å². The first-order valence-corrected chi connectivity index (χ1v) is 7.65. The molecule has 0 saturated heterocycles. The van der Waals surface area contributed by atoms with Gasteiger partial charge in [0.1, 0.15) is 0 Å². The SMILES string of the molecule is COC(=O)c1ccccc1C(=O)OC(C)C(=O)Nc1cccc(C#N)c1. The van der Waals surface area contributed by atoms with E-state index in [1.165, 1.54) is 32.2 Å². The predicted molar refractivity (Wildman–Crippen MR) is 92.4 cm³/mol. The summed E-state index contributed by atoms with van der Waals surface area (Å²) >= 11 is 0. The molecular weight excluding hydrogens is 336 g/mol. The normalized spacial score (nSPS) is 11.0. The minimum absolute atomic E-state index is 0.00507. The van der Waals surface area contributed by atoms with Gasteiger partial charge in [-0.05, 0) is 37.3 Å². The van der Waals surface area contributed by atoms with Gasteiger partial charge in [0.15, 0.2) is 6.10 Å². The average Bonchev–Trinajstić information content (AvgIpc) is 2.67. The third-order valence-electron chi connectivity index (χ3n) is 3.46. The smallest absolute Gasteiger partial charge is 0.339 e. The molecule has 132 valence electrons. The van der Waals surface area contributed by atoms with Crippen LogP contribution >= 0.6 is 0 Å². The van der Waals surface area contributed by atoms with Gasteiger partial charge in [0, 0.05) is 5.69 Å². The van der Waals surface area contributed by atoms with Crippen molar-refractivity contribution in [1.82, 2.24) is 0 Å². The van der Waals surface area contributed by atoms with Crippen LogP contribution in [0.25, 0.3) is 0 Å². The quantitative estimate of drug-likeness (QED) is 0.829. The fourth-order valence-corrected chi connectivity index (χ4v) is 2.14. The van der Waals surface area contributed by atoms with E-state index in [9.17, 15) is 14.4 Å². The number of hydrogen-bond acceptors (Lipinski definition) is 6. The lowest BCUT2D eigenvalue weighted by atomic mass is 10.1. The molecule has 1 amide bonds. The van der Waals surface area contributed by atoms with Crippen LogP contribution in [0.15, 0.2) is 48.5 Å². The van der Waals surface area contributed by atoms with Crippen molar-refractivity contribution in [2.45, 2.75) is 13.0 Å². The molecule has 0 aliphatic carbocycles. The molecule has 2 rings (SSSR count). The number of nitrogens with zero attached hydrogens (tertiary/aromatic N) is 1. The second-order valence-electron chi connectivity index (χ2n) is 5.27. The number of carbonyl (C=O) groups excluding carboxylic acids is 3. The van der Waals surface area contributed by atoms with Crippen molar-refractivity contribution < 1.29 is 23.9 Å². The number of amides is 1.